The van der Waals surface area contributed by atoms with E-state index in [1.807, 2.05) is 37.3 Å². The highest BCUT2D eigenvalue weighted by molar-refractivity contribution is 5.88. The smallest absolute Gasteiger partial charge is 0.229 e. The summed E-state index contributed by atoms with van der Waals surface area (Å²) in [5.41, 5.74) is 2.52. The molecule has 0 radical (unpaired) electrons. The van der Waals surface area contributed by atoms with Crippen LogP contribution in [-0.2, 0) is 4.79 Å². The highest BCUT2D eigenvalue weighted by Gasteiger charge is 2.03. The number of aromatic nitrogens is 2. The van der Waals surface area contributed by atoms with Crippen molar-refractivity contribution in [3.05, 3.63) is 36.0 Å². The summed E-state index contributed by atoms with van der Waals surface area (Å²) in [6.45, 7) is 6.49. The summed E-state index contributed by atoms with van der Waals surface area (Å²) in [4.78, 5) is 19.9. The lowest BCUT2D eigenvalue weighted by molar-refractivity contribution is -0.114. The maximum atomic E-state index is 11.0. The van der Waals surface area contributed by atoms with Crippen molar-refractivity contribution in [3.63, 3.8) is 0 Å². The highest BCUT2D eigenvalue weighted by Crippen LogP contribution is 2.18. The van der Waals surface area contributed by atoms with Gasteiger partial charge in [-0.3, -0.25) is 4.79 Å². The Morgan fingerprint density at radius 1 is 1.13 bits per heavy atom. The van der Waals surface area contributed by atoms with Crippen molar-refractivity contribution in [2.24, 2.45) is 0 Å². The minimum absolute atomic E-state index is 0.0875. The van der Waals surface area contributed by atoms with E-state index in [4.69, 9.17) is 0 Å². The molecule has 0 spiro atoms. The predicted molar refractivity (Wildman–Crippen MR) is 94.2 cm³/mol. The van der Waals surface area contributed by atoms with Crippen LogP contribution in [0, 0.1) is 6.92 Å². The molecule has 0 aliphatic carbocycles. The molecule has 0 fully saturated rings. The lowest BCUT2D eigenvalue weighted by Crippen LogP contribution is -2.07. The van der Waals surface area contributed by atoms with Gasteiger partial charge in [0.1, 0.15) is 5.82 Å². The number of amides is 1. The molecule has 23 heavy (non-hydrogen) atoms. The molecule has 1 aromatic heterocycles. The lowest BCUT2D eigenvalue weighted by atomic mass is 10.3. The molecule has 1 aromatic carbocycles. The summed E-state index contributed by atoms with van der Waals surface area (Å²) in [5, 5.41) is 9.22. The predicted octanol–water partition coefficient (Wildman–Crippen LogP) is 3.70. The fourth-order valence-electron chi connectivity index (χ4n) is 2.08. The van der Waals surface area contributed by atoms with Crippen molar-refractivity contribution in [3.8, 4) is 0 Å². The van der Waals surface area contributed by atoms with Gasteiger partial charge in [-0.05, 0) is 37.6 Å². The molecule has 0 saturated heterocycles. The van der Waals surface area contributed by atoms with E-state index >= 15 is 0 Å². The molecule has 0 bridgehead atoms. The van der Waals surface area contributed by atoms with E-state index in [0.717, 1.165) is 42.3 Å². The van der Waals surface area contributed by atoms with Gasteiger partial charge in [-0.25, -0.2) is 4.98 Å². The van der Waals surface area contributed by atoms with Gasteiger partial charge in [-0.15, -0.1) is 0 Å². The number of unbranched alkanes of at least 4 members (excludes halogenated alkanes) is 1. The summed E-state index contributed by atoms with van der Waals surface area (Å²) in [7, 11) is 0. The molecule has 2 rings (SSSR count). The Morgan fingerprint density at radius 3 is 2.48 bits per heavy atom. The molecule has 0 unspecified atom stereocenters. The quantitative estimate of drug-likeness (QED) is 0.679. The Kier molecular flexibility index (Phi) is 5.91. The molecule has 0 atom stereocenters. The fourth-order valence-corrected chi connectivity index (χ4v) is 2.08. The van der Waals surface area contributed by atoms with E-state index < -0.39 is 0 Å². The average Bonchev–Trinajstić information content (AvgIpc) is 2.48. The van der Waals surface area contributed by atoms with Gasteiger partial charge in [0.25, 0.3) is 0 Å². The minimum Gasteiger partial charge on any atom is -0.370 e. The molecule has 2 aromatic rings. The van der Waals surface area contributed by atoms with Gasteiger partial charge < -0.3 is 16.0 Å². The third-order valence-corrected chi connectivity index (χ3v) is 3.15. The number of hydrogen-bond acceptors (Lipinski definition) is 5. The zero-order valence-electron chi connectivity index (χ0n) is 13.8. The van der Waals surface area contributed by atoms with E-state index in [0.29, 0.717) is 5.95 Å². The first-order valence-electron chi connectivity index (χ1n) is 7.81. The van der Waals surface area contributed by atoms with Crippen molar-refractivity contribution in [2.75, 3.05) is 22.5 Å². The molecule has 0 aliphatic rings. The first kappa shape index (κ1) is 16.7. The second kappa shape index (κ2) is 8.12. The minimum atomic E-state index is -0.0875. The Bertz CT molecular complexity index is 655. The van der Waals surface area contributed by atoms with Gasteiger partial charge in [0.2, 0.25) is 11.9 Å². The molecule has 6 heteroatoms. The molecule has 1 heterocycles. The second-order valence-electron chi connectivity index (χ2n) is 5.38. The van der Waals surface area contributed by atoms with Crippen LogP contribution in [0.25, 0.3) is 0 Å². The zero-order valence-corrected chi connectivity index (χ0v) is 13.8. The molecular weight excluding hydrogens is 290 g/mol. The van der Waals surface area contributed by atoms with Crippen LogP contribution in [0.5, 0.6) is 0 Å². The highest BCUT2D eigenvalue weighted by atomic mass is 16.1. The van der Waals surface area contributed by atoms with Crippen LogP contribution < -0.4 is 16.0 Å². The van der Waals surface area contributed by atoms with Crippen LogP contribution in [0.1, 0.15) is 32.4 Å². The Balaban J connectivity index is 2.05. The molecule has 6 nitrogen and oxygen atoms in total. The first-order valence-corrected chi connectivity index (χ1v) is 7.81. The van der Waals surface area contributed by atoms with Crippen molar-refractivity contribution in [1.29, 1.82) is 0 Å². The number of benzene rings is 1. The SMILES string of the molecule is CCCCNc1cc(C)nc(Nc2ccc(NC(C)=O)cc2)n1. The van der Waals surface area contributed by atoms with Crippen LogP contribution in [0.2, 0.25) is 0 Å². The van der Waals surface area contributed by atoms with Gasteiger partial charge in [0.15, 0.2) is 0 Å². The van der Waals surface area contributed by atoms with Crippen molar-refractivity contribution in [2.45, 2.75) is 33.6 Å². The number of anilines is 4. The summed E-state index contributed by atoms with van der Waals surface area (Å²) >= 11 is 0. The maximum absolute atomic E-state index is 11.0. The normalized spacial score (nSPS) is 10.2. The summed E-state index contributed by atoms with van der Waals surface area (Å²) in [6, 6.07) is 9.35. The number of aryl methyl sites for hydroxylation is 1. The van der Waals surface area contributed by atoms with E-state index in [9.17, 15) is 4.79 Å². The van der Waals surface area contributed by atoms with E-state index in [1.54, 1.807) is 0 Å². The largest absolute Gasteiger partial charge is 0.370 e. The van der Waals surface area contributed by atoms with Crippen molar-refractivity contribution in [1.82, 2.24) is 9.97 Å². The van der Waals surface area contributed by atoms with Crippen molar-refractivity contribution >= 4 is 29.0 Å². The molecule has 0 saturated carbocycles. The summed E-state index contributed by atoms with van der Waals surface area (Å²) in [6.07, 6.45) is 2.25. The standard InChI is InChI=1S/C17H23N5O/c1-4-5-10-18-16-11-12(2)19-17(22-16)21-15-8-6-14(7-9-15)20-13(3)23/h6-9,11H,4-5,10H2,1-3H3,(H,20,23)(H2,18,19,21,22). The average molecular weight is 313 g/mol. The Morgan fingerprint density at radius 2 is 1.83 bits per heavy atom. The number of carbonyl (C=O) groups is 1. The van der Waals surface area contributed by atoms with Gasteiger partial charge in [0.05, 0.1) is 0 Å². The number of nitrogens with zero attached hydrogens (tertiary/aromatic N) is 2. The number of hydrogen-bond donors (Lipinski definition) is 3. The molecular formula is C17H23N5O. The van der Waals surface area contributed by atoms with Gasteiger partial charge in [0, 0.05) is 36.6 Å². The second-order valence-corrected chi connectivity index (χ2v) is 5.38. The first-order chi connectivity index (χ1) is 11.1. The van der Waals surface area contributed by atoms with Crippen LogP contribution in [0.3, 0.4) is 0 Å². The molecule has 122 valence electrons. The zero-order chi connectivity index (χ0) is 16.7. The van der Waals surface area contributed by atoms with Gasteiger partial charge in [-0.1, -0.05) is 13.3 Å². The van der Waals surface area contributed by atoms with Crippen LogP contribution >= 0.6 is 0 Å². The van der Waals surface area contributed by atoms with Gasteiger partial charge in [-0.2, -0.15) is 4.98 Å². The topological polar surface area (TPSA) is 78.9 Å². The number of carbonyl (C=O) groups excluding carboxylic acids is 1. The van der Waals surface area contributed by atoms with Crippen LogP contribution in [0.4, 0.5) is 23.1 Å². The molecule has 0 aliphatic heterocycles. The monoisotopic (exact) mass is 313 g/mol. The molecule has 1 amide bonds. The van der Waals surface area contributed by atoms with E-state index in [2.05, 4.69) is 32.8 Å². The van der Waals surface area contributed by atoms with Gasteiger partial charge >= 0.3 is 0 Å². The third-order valence-electron chi connectivity index (χ3n) is 3.15. The fraction of sp³-hybridized carbons (Fsp3) is 0.353. The Labute approximate surface area is 136 Å². The Hall–Kier alpha value is -2.63. The summed E-state index contributed by atoms with van der Waals surface area (Å²) < 4.78 is 0. The maximum Gasteiger partial charge on any atom is 0.229 e. The number of rotatable bonds is 7. The lowest BCUT2D eigenvalue weighted by Gasteiger charge is -2.10. The summed E-state index contributed by atoms with van der Waals surface area (Å²) in [5.74, 6) is 1.29. The van der Waals surface area contributed by atoms with E-state index in [-0.39, 0.29) is 5.91 Å². The third kappa shape index (κ3) is 5.58. The number of nitrogens with one attached hydrogen (secondary N) is 3. The van der Waals surface area contributed by atoms with Crippen molar-refractivity contribution < 1.29 is 4.79 Å². The van der Waals surface area contributed by atoms with Crippen LogP contribution in [-0.4, -0.2) is 22.4 Å². The van der Waals surface area contributed by atoms with Crippen LogP contribution in [0.15, 0.2) is 30.3 Å². The van der Waals surface area contributed by atoms with E-state index in [1.165, 1.54) is 6.92 Å². The molecule has 3 N–H and O–H groups in total.